The highest BCUT2D eigenvalue weighted by Crippen LogP contribution is 2.22. The van der Waals surface area contributed by atoms with Crippen molar-refractivity contribution in [3.63, 3.8) is 0 Å². The minimum absolute atomic E-state index is 0.179. The summed E-state index contributed by atoms with van der Waals surface area (Å²) < 4.78 is 5.81. The molecule has 2 atom stereocenters. The second-order valence-electron chi connectivity index (χ2n) is 7.74. The Morgan fingerprint density at radius 1 is 1.19 bits per heavy atom. The van der Waals surface area contributed by atoms with Crippen LogP contribution in [-0.2, 0) is 9.53 Å². The monoisotopic (exact) mass is 375 g/mol. The Morgan fingerprint density at radius 2 is 1.85 bits per heavy atom. The third kappa shape index (κ3) is 5.32. The summed E-state index contributed by atoms with van der Waals surface area (Å²) in [6, 6.07) is 4.24. The lowest BCUT2D eigenvalue weighted by Crippen LogP contribution is -2.49. The van der Waals surface area contributed by atoms with Gasteiger partial charge in [0.2, 0.25) is 5.91 Å². The van der Waals surface area contributed by atoms with Crippen LogP contribution in [0.3, 0.4) is 0 Å². The highest BCUT2D eigenvalue weighted by Gasteiger charge is 2.23. The van der Waals surface area contributed by atoms with Gasteiger partial charge in [0.15, 0.2) is 0 Å². The van der Waals surface area contributed by atoms with Crippen LogP contribution in [0.4, 0.5) is 11.5 Å². The fourth-order valence-corrected chi connectivity index (χ4v) is 3.91. The molecule has 0 aromatic carbocycles. The Bertz CT molecular complexity index is 635. The van der Waals surface area contributed by atoms with Crippen LogP contribution < -0.4 is 10.2 Å². The van der Waals surface area contributed by atoms with Crippen LogP contribution in [0, 0.1) is 6.92 Å². The average molecular weight is 376 g/mol. The molecule has 3 rings (SSSR count). The van der Waals surface area contributed by atoms with Crippen molar-refractivity contribution in [2.75, 3.05) is 62.6 Å². The maximum absolute atomic E-state index is 11.4. The average Bonchev–Trinajstić information content (AvgIpc) is 2.62. The van der Waals surface area contributed by atoms with Crippen LogP contribution in [0.1, 0.15) is 26.5 Å². The Labute approximate surface area is 162 Å². The summed E-state index contributed by atoms with van der Waals surface area (Å²) in [6.07, 6.45) is 0.467. The number of carbonyl (C=O) groups is 1. The van der Waals surface area contributed by atoms with Crippen LogP contribution >= 0.6 is 0 Å². The maximum atomic E-state index is 11.4. The number of aromatic nitrogens is 1. The van der Waals surface area contributed by atoms with Crippen molar-refractivity contribution >= 4 is 17.4 Å². The van der Waals surface area contributed by atoms with E-state index < -0.39 is 0 Å². The molecule has 2 saturated heterocycles. The van der Waals surface area contributed by atoms with E-state index in [1.165, 1.54) is 0 Å². The molecule has 2 aliphatic rings. The SMILES string of the molecule is CC(=O)N1CCN(CCNc2ccc(N3CC(C)OC(C)C3)nc2C)CC1. The van der Waals surface area contributed by atoms with Crippen molar-refractivity contribution < 1.29 is 9.53 Å². The molecule has 2 unspecified atom stereocenters. The van der Waals surface area contributed by atoms with Crippen molar-refractivity contribution in [2.45, 2.75) is 39.9 Å². The zero-order valence-corrected chi connectivity index (χ0v) is 17.1. The number of ether oxygens (including phenoxy) is 1. The van der Waals surface area contributed by atoms with Crippen molar-refractivity contribution in [2.24, 2.45) is 0 Å². The Hall–Kier alpha value is -1.86. The predicted octanol–water partition coefficient (Wildman–Crippen LogP) is 1.58. The van der Waals surface area contributed by atoms with Gasteiger partial charge < -0.3 is 19.9 Å². The van der Waals surface area contributed by atoms with E-state index in [1.807, 2.05) is 4.90 Å². The molecule has 7 heteroatoms. The van der Waals surface area contributed by atoms with Gasteiger partial charge in [-0.3, -0.25) is 9.69 Å². The lowest BCUT2D eigenvalue weighted by atomic mass is 10.2. The minimum atomic E-state index is 0.179. The Morgan fingerprint density at radius 3 is 2.44 bits per heavy atom. The van der Waals surface area contributed by atoms with E-state index in [9.17, 15) is 4.79 Å². The molecular weight excluding hydrogens is 342 g/mol. The molecule has 1 amide bonds. The molecule has 7 nitrogen and oxygen atoms in total. The highest BCUT2D eigenvalue weighted by molar-refractivity contribution is 5.73. The third-order valence-corrected chi connectivity index (χ3v) is 5.38. The highest BCUT2D eigenvalue weighted by atomic mass is 16.5. The molecule has 1 aromatic rings. The first-order valence-electron chi connectivity index (χ1n) is 10.0. The minimum Gasteiger partial charge on any atom is -0.382 e. The maximum Gasteiger partial charge on any atom is 0.219 e. The second kappa shape index (κ2) is 8.89. The van der Waals surface area contributed by atoms with Gasteiger partial charge in [-0.2, -0.15) is 0 Å². The number of piperazine rings is 1. The van der Waals surface area contributed by atoms with Gasteiger partial charge in [-0.25, -0.2) is 4.98 Å². The number of nitrogens with one attached hydrogen (secondary N) is 1. The summed E-state index contributed by atoms with van der Waals surface area (Å²) in [5.74, 6) is 1.21. The van der Waals surface area contributed by atoms with Crippen molar-refractivity contribution in [3.05, 3.63) is 17.8 Å². The molecule has 0 aliphatic carbocycles. The summed E-state index contributed by atoms with van der Waals surface area (Å²) in [7, 11) is 0. The van der Waals surface area contributed by atoms with Crippen LogP contribution in [0.2, 0.25) is 0 Å². The first-order valence-corrected chi connectivity index (χ1v) is 10.0. The van der Waals surface area contributed by atoms with Crippen LogP contribution in [-0.4, -0.2) is 85.3 Å². The standard InChI is InChI=1S/C20H33N5O2/c1-15-13-25(14-16(2)27-15)20-6-5-19(17(3)22-20)21-7-8-23-9-11-24(12-10-23)18(4)26/h5-6,15-16,21H,7-14H2,1-4H3. The molecule has 2 aliphatic heterocycles. The topological polar surface area (TPSA) is 60.9 Å². The summed E-state index contributed by atoms with van der Waals surface area (Å²) >= 11 is 0. The van der Waals surface area contributed by atoms with Crippen LogP contribution in [0.25, 0.3) is 0 Å². The quantitative estimate of drug-likeness (QED) is 0.843. The number of rotatable bonds is 5. The lowest BCUT2D eigenvalue weighted by Gasteiger charge is -2.36. The molecule has 0 saturated carbocycles. The number of pyridine rings is 1. The molecule has 27 heavy (non-hydrogen) atoms. The van der Waals surface area contributed by atoms with Crippen molar-refractivity contribution in [1.29, 1.82) is 0 Å². The normalized spacial score (nSPS) is 24.1. The zero-order valence-electron chi connectivity index (χ0n) is 17.1. The summed E-state index contributed by atoms with van der Waals surface area (Å²) in [6.45, 7) is 15.1. The molecule has 0 radical (unpaired) electrons. The fraction of sp³-hybridized carbons (Fsp3) is 0.700. The van der Waals surface area contributed by atoms with E-state index >= 15 is 0 Å². The fourth-order valence-electron chi connectivity index (χ4n) is 3.91. The lowest BCUT2D eigenvalue weighted by molar-refractivity contribution is -0.130. The van der Waals surface area contributed by atoms with E-state index in [2.05, 4.69) is 48.0 Å². The molecular formula is C20H33N5O2. The molecule has 0 bridgehead atoms. The van der Waals surface area contributed by atoms with Gasteiger partial charge in [0.1, 0.15) is 5.82 Å². The smallest absolute Gasteiger partial charge is 0.219 e. The number of amides is 1. The van der Waals surface area contributed by atoms with E-state index in [4.69, 9.17) is 9.72 Å². The molecule has 3 heterocycles. The summed E-state index contributed by atoms with van der Waals surface area (Å²) in [5.41, 5.74) is 2.12. The zero-order chi connectivity index (χ0) is 19.4. The van der Waals surface area contributed by atoms with Crippen LogP contribution in [0.5, 0.6) is 0 Å². The molecule has 1 aromatic heterocycles. The summed E-state index contributed by atoms with van der Waals surface area (Å²) in [5, 5.41) is 3.51. The van der Waals surface area contributed by atoms with Gasteiger partial charge in [-0.05, 0) is 32.9 Å². The van der Waals surface area contributed by atoms with Crippen LogP contribution in [0.15, 0.2) is 12.1 Å². The number of hydrogen-bond acceptors (Lipinski definition) is 6. The number of hydrogen-bond donors (Lipinski definition) is 1. The van der Waals surface area contributed by atoms with Crippen molar-refractivity contribution in [1.82, 2.24) is 14.8 Å². The number of anilines is 2. The Kier molecular flexibility index (Phi) is 6.55. The molecule has 0 spiro atoms. The van der Waals surface area contributed by atoms with Gasteiger partial charge in [0.05, 0.1) is 23.6 Å². The first-order chi connectivity index (χ1) is 12.9. The largest absolute Gasteiger partial charge is 0.382 e. The van der Waals surface area contributed by atoms with E-state index in [0.717, 1.165) is 69.6 Å². The number of nitrogens with zero attached hydrogens (tertiary/aromatic N) is 4. The van der Waals surface area contributed by atoms with Gasteiger partial charge in [0, 0.05) is 59.3 Å². The number of carbonyl (C=O) groups excluding carboxylic acids is 1. The predicted molar refractivity (Wildman–Crippen MR) is 108 cm³/mol. The van der Waals surface area contributed by atoms with E-state index in [1.54, 1.807) is 6.92 Å². The third-order valence-electron chi connectivity index (χ3n) is 5.38. The Balaban J connectivity index is 1.48. The van der Waals surface area contributed by atoms with Gasteiger partial charge >= 0.3 is 0 Å². The molecule has 150 valence electrons. The number of morpholine rings is 1. The van der Waals surface area contributed by atoms with Gasteiger partial charge in [-0.15, -0.1) is 0 Å². The second-order valence-corrected chi connectivity index (χ2v) is 7.74. The molecule has 1 N–H and O–H groups in total. The van der Waals surface area contributed by atoms with E-state index in [0.29, 0.717) is 0 Å². The van der Waals surface area contributed by atoms with E-state index in [-0.39, 0.29) is 18.1 Å². The van der Waals surface area contributed by atoms with Gasteiger partial charge in [-0.1, -0.05) is 0 Å². The molecule has 2 fully saturated rings. The first kappa shape index (κ1) is 19.9. The van der Waals surface area contributed by atoms with Crippen molar-refractivity contribution in [3.8, 4) is 0 Å². The van der Waals surface area contributed by atoms with Gasteiger partial charge in [0.25, 0.3) is 0 Å². The number of aryl methyl sites for hydroxylation is 1. The summed E-state index contributed by atoms with van der Waals surface area (Å²) in [4.78, 5) is 22.8.